The van der Waals surface area contributed by atoms with Crippen molar-refractivity contribution >= 4 is 27.9 Å². The maximum Gasteiger partial charge on any atom is 0.410 e. The predicted octanol–water partition coefficient (Wildman–Crippen LogP) is 3.66. The number of rotatable bonds is 6. The number of halogens is 1. The molecule has 0 saturated carbocycles. The zero-order chi connectivity index (χ0) is 30.3. The molecule has 0 radical (unpaired) electrons. The van der Waals surface area contributed by atoms with Gasteiger partial charge in [0.15, 0.2) is 14.6 Å². The molecule has 0 spiro atoms. The number of esters is 1. The van der Waals surface area contributed by atoms with Crippen LogP contribution in [0.1, 0.15) is 45.4 Å². The number of benzene rings is 1. The van der Waals surface area contributed by atoms with E-state index in [9.17, 15) is 22.8 Å². The van der Waals surface area contributed by atoms with Crippen LogP contribution < -0.4 is 0 Å². The maximum atomic E-state index is 15.0. The third kappa shape index (κ3) is 6.25. The summed E-state index contributed by atoms with van der Waals surface area (Å²) in [4.78, 5) is 40.2. The molecule has 4 rings (SSSR count). The Balaban J connectivity index is 1.38. The van der Waals surface area contributed by atoms with Gasteiger partial charge in [-0.15, -0.1) is 0 Å². The molecule has 1 aromatic carbocycles. The van der Waals surface area contributed by atoms with Crippen molar-refractivity contribution in [1.29, 1.82) is 0 Å². The minimum atomic E-state index is -3.80. The van der Waals surface area contributed by atoms with Gasteiger partial charge in [-0.3, -0.25) is 9.36 Å². The molecule has 220 valence electrons. The first-order valence-electron chi connectivity index (χ1n) is 13.1. The number of aromatic nitrogens is 1. The van der Waals surface area contributed by atoms with E-state index in [1.165, 1.54) is 28.7 Å². The number of carbonyl (C=O) groups excluding carboxylic acids is 3. The van der Waals surface area contributed by atoms with Gasteiger partial charge >= 0.3 is 18.1 Å². The molecule has 12 heteroatoms. The third-order valence-electron chi connectivity index (χ3n) is 7.26. The van der Waals surface area contributed by atoms with Crippen LogP contribution in [-0.2, 0) is 30.7 Å². The Kier molecular flexibility index (Phi) is 7.97. The van der Waals surface area contributed by atoms with Crippen molar-refractivity contribution in [3.8, 4) is 23.0 Å². The number of amides is 2. The first-order valence-corrected chi connectivity index (χ1v) is 15.0. The van der Waals surface area contributed by atoms with Gasteiger partial charge in [0.1, 0.15) is 11.4 Å². The summed E-state index contributed by atoms with van der Waals surface area (Å²) in [7, 11) is -2.68. The minimum absolute atomic E-state index is 0.0171. The van der Waals surface area contributed by atoms with Gasteiger partial charge in [0.2, 0.25) is 0 Å². The third-order valence-corrected chi connectivity index (χ3v) is 9.27. The first kappa shape index (κ1) is 30.1. The van der Waals surface area contributed by atoms with Gasteiger partial charge in [-0.2, -0.15) is 0 Å². The molecular weight excluding hydrogens is 553 g/mol. The van der Waals surface area contributed by atoms with Gasteiger partial charge in [-0.05, 0) is 52.3 Å². The van der Waals surface area contributed by atoms with E-state index in [4.69, 9.17) is 4.74 Å². The van der Waals surface area contributed by atoms with Crippen LogP contribution in [0.2, 0.25) is 0 Å². The monoisotopic (exact) mass is 587 g/mol. The van der Waals surface area contributed by atoms with Crippen LogP contribution in [0.4, 0.5) is 14.0 Å². The zero-order valence-corrected chi connectivity index (χ0v) is 24.8. The molecule has 1 aromatic heterocycles. The molecule has 0 unspecified atom stereocenters. The fourth-order valence-corrected chi connectivity index (χ4v) is 5.45. The highest BCUT2D eigenvalue weighted by Crippen LogP contribution is 2.31. The summed E-state index contributed by atoms with van der Waals surface area (Å²) in [5.41, 5.74) is 1.38. The van der Waals surface area contributed by atoms with Crippen molar-refractivity contribution in [3.05, 3.63) is 47.5 Å². The molecule has 2 amide bonds. The van der Waals surface area contributed by atoms with Crippen molar-refractivity contribution in [1.82, 2.24) is 14.4 Å². The Hall–Kier alpha value is -3.85. The standard InChI is InChI=1S/C29H34FN3O7S/c1-28(2,3)40-27(36)32-15-20(16-32)8-7-19-9-10-23(24(30)13-19)21-14-22-18-31(26(35)33(22)17-21)12-11-29(4,25(34)39-5)41(6,37)38/h9-10,13-14,17,20H,11-12,15-16,18H2,1-6H3/t29-/m1/s1. The molecule has 2 aliphatic heterocycles. The summed E-state index contributed by atoms with van der Waals surface area (Å²) >= 11 is 0. The van der Waals surface area contributed by atoms with Crippen LogP contribution in [-0.4, -0.2) is 84.2 Å². The second-order valence-corrected chi connectivity index (χ2v) is 14.0. The van der Waals surface area contributed by atoms with Crippen LogP contribution in [0, 0.1) is 23.6 Å². The number of carbonyl (C=O) groups is 3. The van der Waals surface area contributed by atoms with Crippen LogP contribution in [0.3, 0.4) is 0 Å². The van der Waals surface area contributed by atoms with Crippen molar-refractivity contribution < 1.29 is 36.7 Å². The van der Waals surface area contributed by atoms with E-state index in [1.54, 1.807) is 23.1 Å². The number of hydrogen-bond acceptors (Lipinski definition) is 7. The zero-order valence-electron chi connectivity index (χ0n) is 24.0. The number of hydrogen-bond donors (Lipinski definition) is 0. The lowest BCUT2D eigenvalue weighted by molar-refractivity contribution is -0.143. The molecule has 3 heterocycles. The Morgan fingerprint density at radius 3 is 2.39 bits per heavy atom. The lowest BCUT2D eigenvalue weighted by atomic mass is 10.0. The summed E-state index contributed by atoms with van der Waals surface area (Å²) in [5, 5.41) is 0. The molecule has 2 aliphatic rings. The van der Waals surface area contributed by atoms with E-state index in [-0.39, 0.29) is 31.5 Å². The van der Waals surface area contributed by atoms with Gasteiger partial charge in [0.25, 0.3) is 0 Å². The average molecular weight is 588 g/mol. The van der Waals surface area contributed by atoms with Crippen molar-refractivity contribution in [3.63, 3.8) is 0 Å². The van der Waals surface area contributed by atoms with Gasteiger partial charge in [0, 0.05) is 54.5 Å². The largest absolute Gasteiger partial charge is 0.468 e. The maximum absolute atomic E-state index is 15.0. The second kappa shape index (κ2) is 10.9. The van der Waals surface area contributed by atoms with Gasteiger partial charge in [0.05, 0.1) is 19.6 Å². The highest BCUT2D eigenvalue weighted by molar-refractivity contribution is 7.92. The van der Waals surface area contributed by atoms with E-state index in [1.807, 2.05) is 20.8 Å². The Labute approximate surface area is 239 Å². The van der Waals surface area contributed by atoms with E-state index >= 15 is 4.39 Å². The van der Waals surface area contributed by atoms with Crippen molar-refractivity contribution in [2.75, 3.05) is 33.0 Å². The quantitative estimate of drug-likeness (QED) is 0.374. The summed E-state index contributed by atoms with van der Waals surface area (Å²) in [6.07, 6.45) is 2.00. The highest BCUT2D eigenvalue weighted by Gasteiger charge is 2.45. The van der Waals surface area contributed by atoms with Crippen LogP contribution >= 0.6 is 0 Å². The van der Waals surface area contributed by atoms with Crippen LogP contribution in [0.5, 0.6) is 0 Å². The molecule has 0 aliphatic carbocycles. The van der Waals surface area contributed by atoms with E-state index in [0.29, 0.717) is 35.5 Å². The van der Waals surface area contributed by atoms with Crippen LogP contribution in [0.15, 0.2) is 30.5 Å². The molecule has 0 bridgehead atoms. The predicted molar refractivity (Wildman–Crippen MR) is 149 cm³/mol. The van der Waals surface area contributed by atoms with Gasteiger partial charge in [-0.25, -0.2) is 22.4 Å². The van der Waals surface area contributed by atoms with Crippen LogP contribution in [0.25, 0.3) is 11.1 Å². The highest BCUT2D eigenvalue weighted by atomic mass is 32.2. The summed E-state index contributed by atoms with van der Waals surface area (Å²) in [6.45, 7) is 7.83. The lowest BCUT2D eigenvalue weighted by Crippen LogP contribution is -2.51. The number of likely N-dealkylation sites (tertiary alicyclic amines) is 1. The van der Waals surface area contributed by atoms with E-state index in [2.05, 4.69) is 16.6 Å². The molecular formula is C29H34FN3O7S. The Morgan fingerprint density at radius 1 is 1.15 bits per heavy atom. The van der Waals surface area contributed by atoms with E-state index in [0.717, 1.165) is 13.4 Å². The fourth-order valence-electron chi connectivity index (χ4n) is 4.61. The fraction of sp³-hybridized carbons (Fsp3) is 0.483. The summed E-state index contributed by atoms with van der Waals surface area (Å²) in [5.74, 6) is 4.64. The SMILES string of the molecule is COC(=O)[C@@](C)(CCN1Cc2cc(-c3ccc(C#CC4CN(C(=O)OC(C)(C)C)C4)cc3F)cn2C1=O)S(C)(=O)=O. The second-order valence-electron chi connectivity index (χ2n) is 11.6. The molecule has 2 aromatic rings. The normalized spacial score (nSPS) is 16.8. The summed E-state index contributed by atoms with van der Waals surface area (Å²) in [6, 6.07) is 5.95. The topological polar surface area (TPSA) is 115 Å². The number of methoxy groups -OCH3 is 1. The molecule has 10 nitrogen and oxygen atoms in total. The lowest BCUT2D eigenvalue weighted by Gasteiger charge is -2.37. The number of fused-ring (bicyclic) bond motifs is 1. The van der Waals surface area contributed by atoms with Crippen molar-refractivity contribution in [2.45, 2.75) is 51.0 Å². The van der Waals surface area contributed by atoms with E-state index < -0.39 is 38.0 Å². The molecule has 1 saturated heterocycles. The molecule has 0 N–H and O–H groups in total. The van der Waals surface area contributed by atoms with Gasteiger partial charge in [-0.1, -0.05) is 17.9 Å². The Morgan fingerprint density at radius 2 is 1.83 bits per heavy atom. The number of ether oxygens (including phenoxy) is 2. The van der Waals surface area contributed by atoms with Gasteiger partial charge < -0.3 is 19.3 Å². The summed E-state index contributed by atoms with van der Waals surface area (Å²) < 4.78 is 49.2. The first-order chi connectivity index (χ1) is 19.0. The smallest absolute Gasteiger partial charge is 0.410 e. The van der Waals surface area contributed by atoms with Crippen molar-refractivity contribution in [2.24, 2.45) is 5.92 Å². The molecule has 1 atom stereocenters. The number of sulfone groups is 1. The molecule has 1 fully saturated rings. The number of nitrogens with zero attached hydrogens (tertiary/aromatic N) is 3. The Bertz CT molecular complexity index is 1560. The average Bonchev–Trinajstić information content (AvgIpc) is 3.37. The molecule has 41 heavy (non-hydrogen) atoms. The minimum Gasteiger partial charge on any atom is -0.468 e.